The quantitative estimate of drug-likeness (QED) is 0.588. The van der Waals surface area contributed by atoms with Gasteiger partial charge in [-0.1, -0.05) is 18.2 Å². The molecule has 1 atom stereocenters. The van der Waals surface area contributed by atoms with E-state index < -0.39 is 6.10 Å². The molecule has 2 aromatic rings. The number of urea groups is 1. The van der Waals surface area contributed by atoms with Crippen molar-refractivity contribution < 1.29 is 19.8 Å². The number of hydrogen-bond acceptors (Lipinski definition) is 4. The lowest BCUT2D eigenvalue weighted by atomic mass is 10.1. The molecule has 0 aliphatic rings. The molecule has 1 unspecified atom stereocenters. The number of phenolic OH excluding ortho intramolecular Hbond substituents is 1. The third-order valence-corrected chi connectivity index (χ3v) is 4.40. The summed E-state index contributed by atoms with van der Waals surface area (Å²) in [5.74, 6) is -0.147. The Hall–Kier alpha value is -3.06. The molecule has 2 aromatic carbocycles. The van der Waals surface area contributed by atoms with Crippen LogP contribution in [-0.4, -0.2) is 46.7 Å². The molecular weight excluding hydrogens is 358 g/mol. The van der Waals surface area contributed by atoms with E-state index in [9.17, 15) is 19.8 Å². The van der Waals surface area contributed by atoms with Gasteiger partial charge in [-0.2, -0.15) is 0 Å². The van der Waals surface area contributed by atoms with E-state index in [1.54, 1.807) is 30.3 Å². The van der Waals surface area contributed by atoms with Crippen molar-refractivity contribution in [2.24, 2.45) is 0 Å². The average molecular weight is 385 g/mol. The van der Waals surface area contributed by atoms with Gasteiger partial charge >= 0.3 is 6.03 Å². The second kappa shape index (κ2) is 9.75. The van der Waals surface area contributed by atoms with Gasteiger partial charge in [-0.25, -0.2) is 4.79 Å². The molecule has 0 heterocycles. The van der Waals surface area contributed by atoms with E-state index in [2.05, 4.69) is 10.6 Å². The smallest absolute Gasteiger partial charge is 0.321 e. The molecule has 4 N–H and O–H groups in total. The van der Waals surface area contributed by atoms with Gasteiger partial charge in [-0.05, 0) is 56.2 Å². The van der Waals surface area contributed by atoms with Crippen molar-refractivity contribution in [3.05, 3.63) is 59.2 Å². The average Bonchev–Trinajstić information content (AvgIpc) is 2.67. The fourth-order valence-corrected chi connectivity index (χ4v) is 2.76. The number of amides is 3. The molecule has 150 valence electrons. The molecule has 0 saturated carbocycles. The highest BCUT2D eigenvalue weighted by molar-refractivity contribution is 5.97. The second-order valence-corrected chi connectivity index (χ2v) is 6.47. The van der Waals surface area contributed by atoms with Crippen molar-refractivity contribution in [3.8, 4) is 5.75 Å². The van der Waals surface area contributed by atoms with Gasteiger partial charge in [-0.15, -0.1) is 0 Å². The van der Waals surface area contributed by atoms with Crippen LogP contribution in [0.5, 0.6) is 5.75 Å². The van der Waals surface area contributed by atoms with E-state index in [0.29, 0.717) is 29.9 Å². The summed E-state index contributed by atoms with van der Waals surface area (Å²) in [5.41, 5.74) is 2.36. The summed E-state index contributed by atoms with van der Waals surface area (Å²) in [6.45, 7) is 6.47. The number of aryl methyl sites for hydroxylation is 1. The van der Waals surface area contributed by atoms with Crippen LogP contribution in [0.1, 0.15) is 41.4 Å². The predicted octanol–water partition coefficient (Wildman–Crippen LogP) is 3.04. The number of nitrogens with one attached hydrogen (secondary N) is 2. The minimum absolute atomic E-state index is 0.0573. The topological polar surface area (TPSA) is 102 Å². The molecule has 0 aromatic heterocycles. The summed E-state index contributed by atoms with van der Waals surface area (Å²) in [7, 11) is 0. The zero-order valence-electron chi connectivity index (χ0n) is 16.4. The number of nitrogens with zero attached hydrogens (tertiary/aromatic N) is 1. The first-order valence-corrected chi connectivity index (χ1v) is 9.27. The van der Waals surface area contributed by atoms with Crippen LogP contribution in [0, 0.1) is 6.92 Å². The van der Waals surface area contributed by atoms with Gasteiger partial charge in [-0.3, -0.25) is 4.79 Å². The van der Waals surface area contributed by atoms with Crippen LogP contribution in [0.25, 0.3) is 0 Å². The lowest BCUT2D eigenvalue weighted by molar-refractivity contribution is 0.0956. The summed E-state index contributed by atoms with van der Waals surface area (Å²) in [4.78, 5) is 26.2. The van der Waals surface area contributed by atoms with E-state index in [-0.39, 0.29) is 24.2 Å². The van der Waals surface area contributed by atoms with Crippen LogP contribution in [0.3, 0.4) is 0 Å². The van der Waals surface area contributed by atoms with Crippen LogP contribution in [0.15, 0.2) is 42.5 Å². The Bertz CT molecular complexity index is 838. The molecule has 3 amide bonds. The number of carbonyl (C=O) groups is 2. The highest BCUT2D eigenvalue weighted by Gasteiger charge is 2.19. The van der Waals surface area contributed by atoms with Crippen molar-refractivity contribution in [3.63, 3.8) is 0 Å². The lowest BCUT2D eigenvalue weighted by Crippen LogP contribution is -2.38. The molecule has 28 heavy (non-hydrogen) atoms. The largest absolute Gasteiger partial charge is 0.508 e. The Morgan fingerprint density at radius 2 is 1.89 bits per heavy atom. The van der Waals surface area contributed by atoms with Crippen LogP contribution in [0.2, 0.25) is 0 Å². The number of aliphatic hydroxyl groups is 1. The third-order valence-electron chi connectivity index (χ3n) is 4.40. The Labute approximate surface area is 165 Å². The first-order valence-electron chi connectivity index (χ1n) is 9.27. The van der Waals surface area contributed by atoms with Crippen LogP contribution >= 0.6 is 0 Å². The molecule has 7 nitrogen and oxygen atoms in total. The van der Waals surface area contributed by atoms with Gasteiger partial charge < -0.3 is 25.7 Å². The van der Waals surface area contributed by atoms with Gasteiger partial charge in [0, 0.05) is 24.3 Å². The summed E-state index contributed by atoms with van der Waals surface area (Å²) in [6.07, 6.45) is -0.930. The Kier molecular flexibility index (Phi) is 7.40. The Morgan fingerprint density at radius 1 is 1.14 bits per heavy atom. The van der Waals surface area contributed by atoms with Gasteiger partial charge in [0.15, 0.2) is 0 Å². The summed E-state index contributed by atoms with van der Waals surface area (Å²) >= 11 is 0. The second-order valence-electron chi connectivity index (χ2n) is 6.47. The fraction of sp³-hybridized carbons (Fsp3) is 0.333. The Balaban J connectivity index is 2.11. The number of benzene rings is 2. The zero-order valence-corrected chi connectivity index (χ0v) is 16.4. The summed E-state index contributed by atoms with van der Waals surface area (Å²) in [5, 5.41) is 25.5. The van der Waals surface area contributed by atoms with E-state index in [1.165, 1.54) is 17.0 Å². The minimum atomic E-state index is -0.930. The number of anilines is 1. The maximum absolute atomic E-state index is 12.7. The zero-order chi connectivity index (χ0) is 20.7. The highest BCUT2D eigenvalue weighted by atomic mass is 16.3. The molecule has 0 radical (unpaired) electrons. The number of likely N-dealkylation sites (N-methyl/N-ethyl adjacent to an activating group) is 1. The first-order chi connectivity index (χ1) is 13.3. The van der Waals surface area contributed by atoms with Gasteiger partial charge in [0.2, 0.25) is 0 Å². The predicted molar refractivity (Wildman–Crippen MR) is 109 cm³/mol. The van der Waals surface area contributed by atoms with E-state index in [0.717, 1.165) is 5.56 Å². The van der Waals surface area contributed by atoms with E-state index in [4.69, 9.17) is 0 Å². The maximum atomic E-state index is 12.7. The number of rotatable bonds is 7. The number of phenols is 1. The first kappa shape index (κ1) is 21.2. The molecule has 7 heteroatoms. The SMILES string of the molecule is CCNC(=O)c1ccc(C)c(NC(=O)N(CC)CC(O)c2cccc(O)c2)c1. The normalized spacial score (nSPS) is 11.6. The summed E-state index contributed by atoms with van der Waals surface area (Å²) in [6, 6.07) is 11.1. The van der Waals surface area contributed by atoms with Crippen LogP contribution < -0.4 is 10.6 Å². The van der Waals surface area contributed by atoms with E-state index in [1.807, 2.05) is 20.8 Å². The molecule has 2 rings (SSSR count). The molecule has 0 bridgehead atoms. The van der Waals surface area contributed by atoms with Gasteiger partial charge in [0.1, 0.15) is 5.75 Å². The van der Waals surface area contributed by atoms with Gasteiger partial charge in [0.25, 0.3) is 5.91 Å². The minimum Gasteiger partial charge on any atom is -0.508 e. The molecule has 0 saturated heterocycles. The van der Waals surface area contributed by atoms with Crippen molar-refractivity contribution in [2.45, 2.75) is 26.9 Å². The fourth-order valence-electron chi connectivity index (χ4n) is 2.76. The van der Waals surface area contributed by atoms with Crippen molar-refractivity contribution >= 4 is 17.6 Å². The van der Waals surface area contributed by atoms with Crippen LogP contribution in [-0.2, 0) is 0 Å². The Morgan fingerprint density at radius 3 is 2.54 bits per heavy atom. The van der Waals surface area contributed by atoms with E-state index >= 15 is 0 Å². The monoisotopic (exact) mass is 385 g/mol. The highest BCUT2D eigenvalue weighted by Crippen LogP contribution is 2.21. The van der Waals surface area contributed by atoms with Gasteiger partial charge in [0.05, 0.1) is 12.6 Å². The lowest BCUT2D eigenvalue weighted by Gasteiger charge is -2.25. The summed E-state index contributed by atoms with van der Waals surface area (Å²) < 4.78 is 0. The van der Waals surface area contributed by atoms with Crippen molar-refractivity contribution in [1.29, 1.82) is 0 Å². The molecule has 0 aliphatic carbocycles. The van der Waals surface area contributed by atoms with Crippen LogP contribution in [0.4, 0.5) is 10.5 Å². The molecule has 0 spiro atoms. The molecular formula is C21H27N3O4. The standard InChI is InChI=1S/C21H27N3O4/c1-4-22-20(27)16-10-9-14(3)18(12-16)23-21(28)24(5-2)13-19(26)15-7-6-8-17(25)11-15/h6-12,19,25-26H,4-5,13H2,1-3H3,(H,22,27)(H,23,28). The number of hydrogen-bond donors (Lipinski definition) is 4. The van der Waals surface area contributed by atoms with Crippen molar-refractivity contribution in [2.75, 3.05) is 25.0 Å². The number of aliphatic hydroxyl groups excluding tert-OH is 1. The number of aromatic hydroxyl groups is 1. The molecule has 0 aliphatic heterocycles. The maximum Gasteiger partial charge on any atom is 0.321 e. The number of carbonyl (C=O) groups excluding carboxylic acids is 2. The molecule has 0 fully saturated rings. The van der Waals surface area contributed by atoms with Crippen molar-refractivity contribution in [1.82, 2.24) is 10.2 Å². The third kappa shape index (κ3) is 5.47.